The van der Waals surface area contributed by atoms with E-state index in [1.165, 1.54) is 0 Å². The Balaban J connectivity index is 1.81. The van der Waals surface area contributed by atoms with Crippen molar-refractivity contribution < 1.29 is 4.79 Å². The van der Waals surface area contributed by atoms with Crippen LogP contribution in [0.1, 0.15) is 38.3 Å². The minimum absolute atomic E-state index is 0.270. The second-order valence-corrected chi connectivity index (χ2v) is 7.71. The van der Waals surface area contributed by atoms with Gasteiger partial charge in [-0.1, -0.05) is 13.8 Å². The lowest BCUT2D eigenvalue weighted by molar-refractivity contribution is -0.130. The van der Waals surface area contributed by atoms with Crippen LogP contribution >= 0.6 is 0 Å². The van der Waals surface area contributed by atoms with E-state index in [4.69, 9.17) is 5.10 Å². The zero-order valence-electron chi connectivity index (χ0n) is 15.8. The zero-order chi connectivity index (χ0) is 18.0. The number of carbonyl (C=O) groups is 1. The zero-order valence-corrected chi connectivity index (χ0v) is 15.8. The van der Waals surface area contributed by atoms with Crippen molar-refractivity contribution >= 4 is 16.9 Å². The number of fused-ring (bicyclic) bond motifs is 1. The van der Waals surface area contributed by atoms with Gasteiger partial charge in [-0.3, -0.25) is 4.79 Å². The van der Waals surface area contributed by atoms with Gasteiger partial charge in [-0.2, -0.15) is 5.10 Å². The van der Waals surface area contributed by atoms with Gasteiger partial charge in [0.15, 0.2) is 5.65 Å². The standard InChI is InChI=1S/C19H29N5O/c1-14(2)12-17(25)23-9-7-15(13-23)18-16-6-5-8-20-19(16)24(21-18)11-10-22(3)4/h5-6,8,14-15H,7,9-13H2,1-4H3. The van der Waals surface area contributed by atoms with E-state index in [-0.39, 0.29) is 5.91 Å². The molecule has 0 aromatic carbocycles. The van der Waals surface area contributed by atoms with Crippen LogP contribution in [0.5, 0.6) is 0 Å². The van der Waals surface area contributed by atoms with E-state index >= 15 is 0 Å². The molecule has 3 rings (SSSR count). The lowest BCUT2D eigenvalue weighted by Gasteiger charge is -2.17. The van der Waals surface area contributed by atoms with Crippen LogP contribution < -0.4 is 0 Å². The number of aromatic nitrogens is 3. The molecule has 1 aliphatic heterocycles. The molecule has 0 bridgehead atoms. The predicted octanol–water partition coefficient (Wildman–Crippen LogP) is 2.35. The molecular formula is C19H29N5O. The van der Waals surface area contributed by atoms with Gasteiger partial charge >= 0.3 is 0 Å². The first-order chi connectivity index (χ1) is 12.0. The molecule has 2 aromatic heterocycles. The first kappa shape index (κ1) is 17.9. The van der Waals surface area contributed by atoms with Crippen LogP contribution in [0.15, 0.2) is 18.3 Å². The van der Waals surface area contributed by atoms with Crippen molar-refractivity contribution in [3.05, 3.63) is 24.0 Å². The summed E-state index contributed by atoms with van der Waals surface area (Å²) in [7, 11) is 4.13. The number of likely N-dealkylation sites (tertiary alicyclic amines) is 1. The number of rotatable bonds is 6. The van der Waals surface area contributed by atoms with Crippen molar-refractivity contribution in [2.75, 3.05) is 33.7 Å². The maximum absolute atomic E-state index is 12.4. The molecule has 0 radical (unpaired) electrons. The van der Waals surface area contributed by atoms with Gasteiger partial charge in [-0.05, 0) is 38.6 Å². The van der Waals surface area contributed by atoms with Gasteiger partial charge in [0.1, 0.15) is 0 Å². The summed E-state index contributed by atoms with van der Waals surface area (Å²) < 4.78 is 2.02. The average Bonchev–Trinajstić information content (AvgIpc) is 3.17. The number of amides is 1. The third kappa shape index (κ3) is 4.00. The Morgan fingerprint density at radius 2 is 2.20 bits per heavy atom. The van der Waals surface area contributed by atoms with E-state index in [1.54, 1.807) is 0 Å². The van der Waals surface area contributed by atoms with Crippen LogP contribution in [0.4, 0.5) is 0 Å². The molecule has 1 amide bonds. The SMILES string of the molecule is CC(C)CC(=O)N1CCC(c2nn(CCN(C)C)c3ncccc23)C1. The molecule has 25 heavy (non-hydrogen) atoms. The van der Waals surface area contributed by atoms with Crippen LogP contribution in [0.2, 0.25) is 0 Å². The molecule has 1 aliphatic rings. The number of pyridine rings is 1. The Bertz CT molecular complexity index is 736. The average molecular weight is 343 g/mol. The Morgan fingerprint density at radius 3 is 2.92 bits per heavy atom. The monoisotopic (exact) mass is 343 g/mol. The quantitative estimate of drug-likeness (QED) is 0.808. The number of nitrogens with zero attached hydrogens (tertiary/aromatic N) is 5. The summed E-state index contributed by atoms with van der Waals surface area (Å²) in [6, 6.07) is 4.08. The van der Waals surface area contributed by atoms with Crippen molar-refractivity contribution in [2.45, 2.75) is 39.2 Å². The first-order valence-corrected chi connectivity index (χ1v) is 9.19. The molecule has 1 atom stereocenters. The van der Waals surface area contributed by atoms with Crippen molar-refractivity contribution in [1.82, 2.24) is 24.6 Å². The Kier molecular flexibility index (Phi) is 5.37. The van der Waals surface area contributed by atoms with Gasteiger partial charge in [0.25, 0.3) is 0 Å². The second kappa shape index (κ2) is 7.52. The molecular weight excluding hydrogens is 314 g/mol. The van der Waals surface area contributed by atoms with Crippen molar-refractivity contribution in [1.29, 1.82) is 0 Å². The minimum atomic E-state index is 0.270. The molecule has 1 unspecified atom stereocenters. The van der Waals surface area contributed by atoms with E-state index < -0.39 is 0 Å². The van der Waals surface area contributed by atoms with Gasteiger partial charge in [-0.15, -0.1) is 0 Å². The maximum Gasteiger partial charge on any atom is 0.222 e. The van der Waals surface area contributed by atoms with Crippen LogP contribution in [-0.4, -0.2) is 64.2 Å². The minimum Gasteiger partial charge on any atom is -0.342 e. The Hall–Kier alpha value is -1.95. The molecule has 6 nitrogen and oxygen atoms in total. The molecule has 0 saturated carbocycles. The molecule has 2 aromatic rings. The van der Waals surface area contributed by atoms with E-state index in [1.807, 2.05) is 21.8 Å². The fourth-order valence-corrected chi connectivity index (χ4v) is 3.47. The highest BCUT2D eigenvalue weighted by molar-refractivity contribution is 5.80. The van der Waals surface area contributed by atoms with Crippen LogP contribution in [0, 0.1) is 5.92 Å². The number of carbonyl (C=O) groups excluding carboxylic acids is 1. The van der Waals surface area contributed by atoms with E-state index in [0.29, 0.717) is 18.3 Å². The lowest BCUT2D eigenvalue weighted by atomic mass is 10.0. The van der Waals surface area contributed by atoms with Gasteiger partial charge < -0.3 is 9.80 Å². The molecule has 6 heteroatoms. The second-order valence-electron chi connectivity index (χ2n) is 7.71. The highest BCUT2D eigenvalue weighted by atomic mass is 16.2. The fraction of sp³-hybridized carbons (Fsp3) is 0.632. The number of likely N-dealkylation sites (N-methyl/N-ethyl adjacent to an activating group) is 1. The topological polar surface area (TPSA) is 54.3 Å². The summed E-state index contributed by atoms with van der Waals surface area (Å²) in [5.74, 6) is 0.984. The summed E-state index contributed by atoms with van der Waals surface area (Å²) >= 11 is 0. The molecule has 136 valence electrons. The highest BCUT2D eigenvalue weighted by Gasteiger charge is 2.30. The van der Waals surface area contributed by atoms with Crippen LogP contribution in [0.25, 0.3) is 11.0 Å². The van der Waals surface area contributed by atoms with E-state index in [2.05, 4.69) is 43.9 Å². The van der Waals surface area contributed by atoms with Crippen molar-refractivity contribution in [3.63, 3.8) is 0 Å². The third-order valence-electron chi connectivity index (χ3n) is 4.81. The maximum atomic E-state index is 12.4. The van der Waals surface area contributed by atoms with Gasteiger partial charge in [-0.25, -0.2) is 9.67 Å². The van der Waals surface area contributed by atoms with Gasteiger partial charge in [0.2, 0.25) is 5.91 Å². The molecule has 0 aliphatic carbocycles. The number of hydrogen-bond donors (Lipinski definition) is 0. The summed E-state index contributed by atoms with van der Waals surface area (Å²) in [4.78, 5) is 21.1. The summed E-state index contributed by atoms with van der Waals surface area (Å²) in [6.07, 6.45) is 3.44. The highest BCUT2D eigenvalue weighted by Crippen LogP contribution is 2.31. The molecule has 3 heterocycles. The van der Waals surface area contributed by atoms with Crippen LogP contribution in [-0.2, 0) is 11.3 Å². The van der Waals surface area contributed by atoms with Gasteiger partial charge in [0, 0.05) is 43.6 Å². The first-order valence-electron chi connectivity index (χ1n) is 9.19. The molecule has 1 fully saturated rings. The summed E-state index contributed by atoms with van der Waals surface area (Å²) in [5.41, 5.74) is 2.05. The molecule has 0 N–H and O–H groups in total. The van der Waals surface area contributed by atoms with E-state index in [9.17, 15) is 4.79 Å². The Morgan fingerprint density at radius 1 is 1.40 bits per heavy atom. The third-order valence-corrected chi connectivity index (χ3v) is 4.81. The largest absolute Gasteiger partial charge is 0.342 e. The predicted molar refractivity (Wildman–Crippen MR) is 99.5 cm³/mol. The molecule has 0 spiro atoms. The van der Waals surface area contributed by atoms with Crippen molar-refractivity contribution in [2.24, 2.45) is 5.92 Å². The fourth-order valence-electron chi connectivity index (χ4n) is 3.47. The smallest absolute Gasteiger partial charge is 0.222 e. The van der Waals surface area contributed by atoms with Crippen molar-refractivity contribution in [3.8, 4) is 0 Å². The lowest BCUT2D eigenvalue weighted by Crippen LogP contribution is -2.29. The number of hydrogen-bond acceptors (Lipinski definition) is 4. The summed E-state index contributed by atoms with van der Waals surface area (Å²) in [6.45, 7) is 7.55. The Labute approximate surface area is 149 Å². The molecule has 1 saturated heterocycles. The van der Waals surface area contributed by atoms with Gasteiger partial charge in [0.05, 0.1) is 12.2 Å². The normalized spacial score (nSPS) is 18.0. The van der Waals surface area contributed by atoms with E-state index in [0.717, 1.165) is 49.3 Å². The summed E-state index contributed by atoms with van der Waals surface area (Å²) in [5, 5.41) is 6.02. The van der Waals surface area contributed by atoms with Crippen LogP contribution in [0.3, 0.4) is 0 Å².